The standard InChI is InChI=1S/C23H26ClN3O3/c1-3-4-14-23(17-10-6-5-7-11-17)21(29)27(22(30)26-23)15-20(28)25-16(2)18-12-8-9-13-19(18)24/h5-13,16H,3-4,14-15H2,1-2H3,(H,25,28)(H,26,30). The van der Waals surface area contributed by atoms with Gasteiger partial charge in [-0.15, -0.1) is 0 Å². The van der Waals surface area contributed by atoms with Crippen molar-refractivity contribution >= 4 is 29.4 Å². The maximum Gasteiger partial charge on any atom is 0.325 e. The molecule has 2 aromatic carbocycles. The quantitative estimate of drug-likeness (QED) is 0.621. The lowest BCUT2D eigenvalue weighted by Crippen LogP contribution is -2.45. The highest BCUT2D eigenvalue weighted by atomic mass is 35.5. The Morgan fingerprint density at radius 1 is 1.13 bits per heavy atom. The molecule has 1 heterocycles. The Hall–Kier alpha value is -2.86. The Labute approximate surface area is 181 Å². The normalized spacial score (nSPS) is 19.5. The van der Waals surface area contributed by atoms with E-state index in [1.165, 1.54) is 0 Å². The molecule has 0 bridgehead atoms. The molecule has 1 fully saturated rings. The van der Waals surface area contributed by atoms with Gasteiger partial charge in [0.2, 0.25) is 5.91 Å². The molecule has 0 aromatic heterocycles. The summed E-state index contributed by atoms with van der Waals surface area (Å²) >= 11 is 6.19. The van der Waals surface area contributed by atoms with Crippen molar-refractivity contribution in [3.63, 3.8) is 0 Å². The van der Waals surface area contributed by atoms with Crippen molar-refractivity contribution < 1.29 is 14.4 Å². The molecule has 2 unspecified atom stereocenters. The molecule has 3 rings (SSSR count). The number of nitrogens with zero attached hydrogens (tertiary/aromatic N) is 1. The van der Waals surface area contributed by atoms with Crippen LogP contribution >= 0.6 is 11.6 Å². The van der Waals surface area contributed by atoms with Crippen molar-refractivity contribution in [3.05, 3.63) is 70.7 Å². The SMILES string of the molecule is CCCCC1(c2ccccc2)NC(=O)N(CC(=O)NC(C)c2ccccc2Cl)C1=O. The molecule has 1 aliphatic rings. The molecule has 0 spiro atoms. The van der Waals surface area contributed by atoms with Crippen molar-refractivity contribution in [1.82, 2.24) is 15.5 Å². The summed E-state index contributed by atoms with van der Waals surface area (Å²) in [5.41, 5.74) is 0.360. The number of nitrogens with one attached hydrogen (secondary N) is 2. The lowest BCUT2D eigenvalue weighted by Gasteiger charge is -2.27. The Bertz CT molecular complexity index is 934. The molecule has 0 saturated carbocycles. The Morgan fingerprint density at radius 3 is 2.47 bits per heavy atom. The molecule has 7 heteroatoms. The number of rotatable bonds is 8. The van der Waals surface area contributed by atoms with Gasteiger partial charge in [0.05, 0.1) is 6.04 Å². The maximum atomic E-state index is 13.3. The van der Waals surface area contributed by atoms with Gasteiger partial charge in [0.15, 0.2) is 0 Å². The van der Waals surface area contributed by atoms with Gasteiger partial charge >= 0.3 is 6.03 Å². The predicted molar refractivity (Wildman–Crippen MR) is 116 cm³/mol. The van der Waals surface area contributed by atoms with Gasteiger partial charge in [0.25, 0.3) is 5.91 Å². The number of benzene rings is 2. The first-order chi connectivity index (χ1) is 14.4. The number of carbonyl (C=O) groups is 3. The van der Waals surface area contributed by atoms with E-state index in [9.17, 15) is 14.4 Å². The summed E-state index contributed by atoms with van der Waals surface area (Å²) in [5, 5.41) is 6.22. The summed E-state index contributed by atoms with van der Waals surface area (Å²) in [6.07, 6.45) is 2.13. The topological polar surface area (TPSA) is 78.5 Å². The highest BCUT2D eigenvalue weighted by molar-refractivity contribution is 6.31. The molecular formula is C23H26ClN3O3. The fourth-order valence-electron chi connectivity index (χ4n) is 3.78. The van der Waals surface area contributed by atoms with E-state index in [2.05, 4.69) is 10.6 Å². The molecular weight excluding hydrogens is 402 g/mol. The van der Waals surface area contributed by atoms with Crippen LogP contribution in [0.5, 0.6) is 0 Å². The van der Waals surface area contributed by atoms with Crippen LogP contribution in [0.1, 0.15) is 50.3 Å². The maximum absolute atomic E-state index is 13.3. The van der Waals surface area contributed by atoms with E-state index in [1.54, 1.807) is 13.0 Å². The van der Waals surface area contributed by atoms with Crippen LogP contribution in [0, 0.1) is 0 Å². The second-order valence-electron chi connectivity index (χ2n) is 7.51. The average Bonchev–Trinajstić information content (AvgIpc) is 2.98. The first kappa shape index (κ1) is 21.8. The zero-order valence-corrected chi connectivity index (χ0v) is 17.9. The summed E-state index contributed by atoms with van der Waals surface area (Å²) in [5.74, 6) is -0.821. The third-order valence-corrected chi connectivity index (χ3v) is 5.74. The summed E-state index contributed by atoms with van der Waals surface area (Å²) in [7, 11) is 0. The largest absolute Gasteiger partial charge is 0.348 e. The van der Waals surface area contributed by atoms with Gasteiger partial charge in [0.1, 0.15) is 12.1 Å². The van der Waals surface area contributed by atoms with Crippen LogP contribution in [0.4, 0.5) is 4.79 Å². The molecule has 1 aliphatic heterocycles. The van der Waals surface area contributed by atoms with Crippen LogP contribution in [-0.2, 0) is 15.1 Å². The number of halogens is 1. The molecule has 158 valence electrons. The Balaban J connectivity index is 1.76. The van der Waals surface area contributed by atoms with Crippen molar-refractivity contribution in [2.24, 2.45) is 0 Å². The minimum Gasteiger partial charge on any atom is -0.348 e. The van der Waals surface area contributed by atoms with Gasteiger partial charge in [0, 0.05) is 5.02 Å². The smallest absolute Gasteiger partial charge is 0.325 e. The van der Waals surface area contributed by atoms with Gasteiger partial charge in [-0.05, 0) is 30.5 Å². The lowest BCUT2D eigenvalue weighted by atomic mass is 9.85. The number of urea groups is 1. The fraction of sp³-hybridized carbons (Fsp3) is 0.348. The Morgan fingerprint density at radius 2 is 1.80 bits per heavy atom. The van der Waals surface area contributed by atoms with Crippen molar-refractivity contribution in [3.8, 4) is 0 Å². The first-order valence-corrected chi connectivity index (χ1v) is 10.5. The van der Waals surface area contributed by atoms with Crippen LogP contribution in [0.3, 0.4) is 0 Å². The number of amides is 4. The van der Waals surface area contributed by atoms with Crippen molar-refractivity contribution in [2.45, 2.75) is 44.7 Å². The molecule has 30 heavy (non-hydrogen) atoms. The molecule has 4 amide bonds. The van der Waals surface area contributed by atoms with Crippen molar-refractivity contribution in [2.75, 3.05) is 6.54 Å². The fourth-order valence-corrected chi connectivity index (χ4v) is 4.08. The van der Waals surface area contributed by atoms with Gasteiger partial charge in [-0.25, -0.2) is 4.79 Å². The zero-order valence-electron chi connectivity index (χ0n) is 17.2. The molecule has 1 saturated heterocycles. The lowest BCUT2D eigenvalue weighted by molar-refractivity contribution is -0.135. The number of hydrogen-bond acceptors (Lipinski definition) is 3. The minimum atomic E-state index is -1.14. The molecule has 0 aliphatic carbocycles. The molecule has 2 aromatic rings. The van der Waals surface area contributed by atoms with E-state index in [0.29, 0.717) is 11.4 Å². The molecule has 6 nitrogen and oxygen atoms in total. The number of imide groups is 1. The zero-order chi connectivity index (χ0) is 21.7. The van der Waals surface area contributed by atoms with E-state index < -0.39 is 23.4 Å². The van der Waals surface area contributed by atoms with Crippen LogP contribution < -0.4 is 10.6 Å². The van der Waals surface area contributed by atoms with Gasteiger partial charge in [-0.2, -0.15) is 0 Å². The van der Waals surface area contributed by atoms with Crippen molar-refractivity contribution in [1.29, 1.82) is 0 Å². The molecule has 0 radical (unpaired) electrons. The van der Waals surface area contributed by atoms with Gasteiger partial charge in [-0.3, -0.25) is 14.5 Å². The summed E-state index contributed by atoms with van der Waals surface area (Å²) in [4.78, 5) is 39.6. The third kappa shape index (κ3) is 4.33. The van der Waals surface area contributed by atoms with E-state index in [4.69, 9.17) is 11.6 Å². The Kier molecular flexibility index (Phi) is 6.77. The number of hydrogen-bond donors (Lipinski definition) is 2. The number of carbonyl (C=O) groups excluding carboxylic acids is 3. The number of unbranched alkanes of at least 4 members (excludes halogenated alkanes) is 1. The average molecular weight is 428 g/mol. The highest BCUT2D eigenvalue weighted by Gasteiger charge is 2.52. The van der Waals surface area contributed by atoms with Crippen LogP contribution in [0.15, 0.2) is 54.6 Å². The molecule has 2 atom stereocenters. The molecule has 2 N–H and O–H groups in total. The van der Waals surface area contributed by atoms with E-state index in [0.717, 1.165) is 28.9 Å². The minimum absolute atomic E-state index is 0.347. The van der Waals surface area contributed by atoms with E-state index in [-0.39, 0.29) is 12.6 Å². The summed E-state index contributed by atoms with van der Waals surface area (Å²) in [6.45, 7) is 3.49. The first-order valence-electron chi connectivity index (χ1n) is 10.1. The predicted octanol–water partition coefficient (Wildman–Crippen LogP) is 4.15. The van der Waals surface area contributed by atoms with Crippen LogP contribution in [0.25, 0.3) is 0 Å². The summed E-state index contributed by atoms with van der Waals surface area (Å²) < 4.78 is 0. The van der Waals surface area contributed by atoms with Gasteiger partial charge in [-0.1, -0.05) is 79.9 Å². The monoisotopic (exact) mass is 427 g/mol. The third-order valence-electron chi connectivity index (χ3n) is 5.40. The van der Waals surface area contributed by atoms with E-state index >= 15 is 0 Å². The highest BCUT2D eigenvalue weighted by Crippen LogP contribution is 2.34. The van der Waals surface area contributed by atoms with Crippen LogP contribution in [0.2, 0.25) is 5.02 Å². The second kappa shape index (κ2) is 9.30. The second-order valence-corrected chi connectivity index (χ2v) is 7.91. The van der Waals surface area contributed by atoms with Gasteiger partial charge < -0.3 is 10.6 Å². The van der Waals surface area contributed by atoms with E-state index in [1.807, 2.05) is 55.5 Å². The summed E-state index contributed by atoms with van der Waals surface area (Å²) in [6, 6.07) is 15.5. The van der Waals surface area contributed by atoms with Crippen LogP contribution in [-0.4, -0.2) is 29.3 Å².